The smallest absolute Gasteiger partial charge is 0.0192 e. The van der Waals surface area contributed by atoms with Gasteiger partial charge in [0.1, 0.15) is 0 Å². The van der Waals surface area contributed by atoms with Crippen molar-refractivity contribution in [3.8, 4) is 0 Å². The van der Waals surface area contributed by atoms with Crippen molar-refractivity contribution < 1.29 is 0 Å². The largest absolute Gasteiger partial charge is 0.0810 e. The van der Waals surface area contributed by atoms with E-state index >= 15 is 0 Å². The van der Waals surface area contributed by atoms with Gasteiger partial charge < -0.3 is 0 Å². The van der Waals surface area contributed by atoms with Gasteiger partial charge in [0.05, 0.1) is 0 Å². The molecule has 0 N–H and O–H groups in total. The van der Waals surface area contributed by atoms with Crippen LogP contribution < -0.4 is 0 Å². The number of allylic oxidation sites excluding steroid dienone is 4. The van der Waals surface area contributed by atoms with Gasteiger partial charge in [-0.1, -0.05) is 53.6 Å². The Morgan fingerprint density at radius 1 is 1.12 bits per heavy atom. The molecule has 0 saturated carbocycles. The lowest BCUT2D eigenvalue weighted by Crippen LogP contribution is -2.01. The van der Waals surface area contributed by atoms with Crippen LogP contribution in [-0.2, 0) is 6.42 Å². The van der Waals surface area contributed by atoms with E-state index < -0.39 is 0 Å². The molecule has 0 fully saturated rings. The minimum Gasteiger partial charge on any atom is -0.0810 e. The summed E-state index contributed by atoms with van der Waals surface area (Å²) in [5, 5.41) is 0. The van der Waals surface area contributed by atoms with Gasteiger partial charge >= 0.3 is 0 Å². The van der Waals surface area contributed by atoms with Gasteiger partial charge in [0, 0.05) is 0 Å². The second kappa shape index (κ2) is 5.16. The van der Waals surface area contributed by atoms with Crippen LogP contribution >= 0.6 is 0 Å². The topological polar surface area (TPSA) is 0 Å². The molecule has 2 rings (SSSR count). The van der Waals surface area contributed by atoms with Crippen LogP contribution in [0.4, 0.5) is 0 Å². The van der Waals surface area contributed by atoms with Gasteiger partial charge in [0.25, 0.3) is 0 Å². The highest BCUT2D eigenvalue weighted by Gasteiger charge is 2.07. The van der Waals surface area contributed by atoms with Gasteiger partial charge in [-0.25, -0.2) is 0 Å². The Labute approximate surface area is 98.7 Å². The lowest BCUT2D eigenvalue weighted by molar-refractivity contribution is 0.592. The second-order valence-electron chi connectivity index (χ2n) is 4.83. The molecule has 0 heteroatoms. The molecule has 0 heterocycles. The monoisotopic (exact) mass is 212 g/mol. The Balaban J connectivity index is 1.84. The number of hydrogen-bond donors (Lipinski definition) is 0. The molecule has 0 nitrogen and oxygen atoms in total. The van der Waals surface area contributed by atoms with E-state index in [-0.39, 0.29) is 0 Å². The summed E-state index contributed by atoms with van der Waals surface area (Å²) in [6.45, 7) is 4.31. The highest BCUT2D eigenvalue weighted by Crippen LogP contribution is 2.21. The van der Waals surface area contributed by atoms with Crippen molar-refractivity contribution >= 4 is 0 Å². The summed E-state index contributed by atoms with van der Waals surface area (Å²) in [5.41, 5.74) is 4.22. The van der Waals surface area contributed by atoms with Crippen LogP contribution in [0.5, 0.6) is 0 Å². The third-order valence-electron chi connectivity index (χ3n) is 3.30. The maximum Gasteiger partial charge on any atom is -0.0192 e. The standard InChI is InChI=1S/C16H20/c1-13-3-7-15(8-4-13)11-12-16-9-5-14(2)6-10-16/h3-9,16H,10-12H2,1-2H3. The minimum absolute atomic E-state index is 0.741. The summed E-state index contributed by atoms with van der Waals surface area (Å²) in [6.07, 6.45) is 10.6. The van der Waals surface area contributed by atoms with Crippen LogP contribution in [0.2, 0.25) is 0 Å². The molecule has 1 aromatic rings. The van der Waals surface area contributed by atoms with Crippen molar-refractivity contribution in [1.29, 1.82) is 0 Å². The molecule has 0 spiro atoms. The molecule has 0 amide bonds. The van der Waals surface area contributed by atoms with Gasteiger partial charge in [-0.15, -0.1) is 0 Å². The maximum atomic E-state index is 2.36. The molecule has 1 aliphatic carbocycles. The molecule has 0 aliphatic heterocycles. The van der Waals surface area contributed by atoms with E-state index in [4.69, 9.17) is 0 Å². The number of aryl methyl sites for hydroxylation is 2. The van der Waals surface area contributed by atoms with Crippen molar-refractivity contribution in [3.63, 3.8) is 0 Å². The fourth-order valence-electron chi connectivity index (χ4n) is 2.09. The lowest BCUT2D eigenvalue weighted by atomic mass is 9.91. The Morgan fingerprint density at radius 2 is 1.88 bits per heavy atom. The molecule has 0 aromatic heterocycles. The van der Waals surface area contributed by atoms with Crippen LogP contribution in [0.3, 0.4) is 0 Å². The zero-order valence-electron chi connectivity index (χ0n) is 10.2. The first-order valence-corrected chi connectivity index (χ1v) is 6.14. The Hall–Kier alpha value is -1.30. The molecule has 1 atom stereocenters. The van der Waals surface area contributed by atoms with Crippen LogP contribution in [0.1, 0.15) is 30.9 Å². The van der Waals surface area contributed by atoms with E-state index in [1.165, 1.54) is 36.0 Å². The molecule has 1 unspecified atom stereocenters. The molecular formula is C16H20. The molecule has 0 saturated heterocycles. The van der Waals surface area contributed by atoms with E-state index in [2.05, 4.69) is 56.3 Å². The number of benzene rings is 1. The first-order valence-electron chi connectivity index (χ1n) is 6.14. The molecule has 16 heavy (non-hydrogen) atoms. The van der Waals surface area contributed by atoms with Crippen molar-refractivity contribution in [1.82, 2.24) is 0 Å². The highest BCUT2D eigenvalue weighted by atomic mass is 14.1. The molecule has 1 aromatic carbocycles. The summed E-state index contributed by atoms with van der Waals surface area (Å²) in [7, 11) is 0. The Kier molecular flexibility index (Phi) is 3.61. The average Bonchev–Trinajstić information content (AvgIpc) is 2.30. The van der Waals surface area contributed by atoms with E-state index in [0.717, 1.165) is 5.92 Å². The van der Waals surface area contributed by atoms with Gasteiger partial charge in [0.2, 0.25) is 0 Å². The third-order valence-corrected chi connectivity index (χ3v) is 3.30. The zero-order chi connectivity index (χ0) is 11.4. The third kappa shape index (κ3) is 3.10. The van der Waals surface area contributed by atoms with Gasteiger partial charge in [0.15, 0.2) is 0 Å². The van der Waals surface area contributed by atoms with Gasteiger partial charge in [-0.3, -0.25) is 0 Å². The molecule has 0 bridgehead atoms. The summed E-state index contributed by atoms with van der Waals surface area (Å²) in [4.78, 5) is 0. The number of hydrogen-bond acceptors (Lipinski definition) is 0. The fourth-order valence-corrected chi connectivity index (χ4v) is 2.09. The van der Waals surface area contributed by atoms with E-state index in [1.54, 1.807) is 0 Å². The Morgan fingerprint density at radius 3 is 2.50 bits per heavy atom. The normalized spacial score (nSPS) is 19.6. The zero-order valence-corrected chi connectivity index (χ0v) is 10.2. The predicted molar refractivity (Wildman–Crippen MR) is 70.5 cm³/mol. The van der Waals surface area contributed by atoms with E-state index in [0.29, 0.717) is 0 Å². The number of rotatable bonds is 3. The van der Waals surface area contributed by atoms with Gasteiger partial charge in [-0.05, 0) is 44.6 Å². The van der Waals surface area contributed by atoms with Crippen molar-refractivity contribution in [2.75, 3.05) is 0 Å². The van der Waals surface area contributed by atoms with Crippen LogP contribution in [0.15, 0.2) is 48.1 Å². The SMILES string of the molecule is CC1=CCC(CCc2ccc(C)cc2)C=C1. The fraction of sp³-hybridized carbons (Fsp3) is 0.375. The quantitative estimate of drug-likeness (QED) is 0.694. The molecule has 84 valence electrons. The second-order valence-corrected chi connectivity index (χ2v) is 4.83. The average molecular weight is 212 g/mol. The molecular weight excluding hydrogens is 192 g/mol. The lowest BCUT2D eigenvalue weighted by Gasteiger charge is -2.14. The maximum absolute atomic E-state index is 2.36. The highest BCUT2D eigenvalue weighted by molar-refractivity contribution is 5.23. The Bertz CT molecular complexity index is 393. The molecule has 1 aliphatic rings. The van der Waals surface area contributed by atoms with Crippen molar-refractivity contribution in [2.24, 2.45) is 5.92 Å². The van der Waals surface area contributed by atoms with E-state index in [1.807, 2.05) is 0 Å². The van der Waals surface area contributed by atoms with Crippen molar-refractivity contribution in [2.45, 2.75) is 33.1 Å². The van der Waals surface area contributed by atoms with E-state index in [9.17, 15) is 0 Å². The van der Waals surface area contributed by atoms with Crippen LogP contribution in [0, 0.1) is 12.8 Å². The summed E-state index contributed by atoms with van der Waals surface area (Å²) in [6, 6.07) is 8.91. The first kappa shape index (κ1) is 11.2. The summed E-state index contributed by atoms with van der Waals surface area (Å²) >= 11 is 0. The predicted octanol–water partition coefficient (Wildman–Crippen LogP) is 4.45. The summed E-state index contributed by atoms with van der Waals surface area (Å²) in [5.74, 6) is 0.741. The molecule has 0 radical (unpaired) electrons. The van der Waals surface area contributed by atoms with Crippen LogP contribution in [-0.4, -0.2) is 0 Å². The first-order chi connectivity index (χ1) is 7.74. The minimum atomic E-state index is 0.741. The van der Waals surface area contributed by atoms with Crippen LogP contribution in [0.25, 0.3) is 0 Å². The van der Waals surface area contributed by atoms with Gasteiger partial charge in [-0.2, -0.15) is 0 Å². The summed E-state index contributed by atoms with van der Waals surface area (Å²) < 4.78 is 0. The van der Waals surface area contributed by atoms with Crippen molar-refractivity contribution in [3.05, 3.63) is 59.2 Å².